The van der Waals surface area contributed by atoms with Gasteiger partial charge in [-0.2, -0.15) is 0 Å². The summed E-state index contributed by atoms with van der Waals surface area (Å²) in [5, 5.41) is 21.8. The molecule has 226 valence electrons. The first-order valence-corrected chi connectivity index (χ1v) is 19.0. The molecule has 4 nitrogen and oxygen atoms in total. The molecule has 0 saturated carbocycles. The molecule has 0 amide bonds. The molecule has 0 heterocycles. The first kappa shape index (κ1) is 42.1. The topological polar surface area (TPSA) is 80.3 Å². The Labute approximate surface area is 247 Å². The van der Waals surface area contributed by atoms with E-state index in [0.29, 0.717) is 25.7 Å². The number of hydrogen-bond acceptors (Lipinski definition) is 4. The molecule has 38 heavy (non-hydrogen) atoms. The second-order valence-corrected chi connectivity index (χ2v) is 13.0. The molecule has 0 aromatic heterocycles. The van der Waals surface area contributed by atoms with Crippen LogP contribution in [-0.4, -0.2) is 33.7 Å². The van der Waals surface area contributed by atoms with Gasteiger partial charge in [0.2, 0.25) is 0 Å². The number of carboxylic acids is 2. The van der Waals surface area contributed by atoms with Crippen LogP contribution in [0.3, 0.4) is 0 Å². The molecule has 0 aliphatic heterocycles. The van der Waals surface area contributed by atoms with E-state index in [0.717, 1.165) is 43.0 Å². The molecule has 0 spiro atoms. The quantitative estimate of drug-likeness (QED) is 0.0823. The zero-order valence-corrected chi connectivity index (χ0v) is 29.2. The van der Waals surface area contributed by atoms with Gasteiger partial charge < -0.3 is 19.8 Å². The van der Waals surface area contributed by atoms with Crippen molar-refractivity contribution < 1.29 is 22.7 Å². The Morgan fingerprint density at radius 2 is 0.816 bits per heavy atom. The van der Waals surface area contributed by atoms with E-state index >= 15 is 0 Å². The van der Waals surface area contributed by atoms with Crippen molar-refractivity contribution in [2.24, 2.45) is 10.8 Å². The summed E-state index contributed by atoms with van der Waals surface area (Å²) in [6.07, 6.45) is 21.9. The van der Waals surface area contributed by atoms with Crippen molar-refractivity contribution in [2.75, 3.05) is 0 Å². The van der Waals surface area contributed by atoms with Crippen LogP contribution in [0.5, 0.6) is 0 Å². The van der Waals surface area contributed by atoms with E-state index in [4.69, 9.17) is 0 Å². The number of carbonyl (C=O) groups excluding carboxylic acids is 2. The summed E-state index contributed by atoms with van der Waals surface area (Å²) in [4.78, 5) is 21.8. The van der Waals surface area contributed by atoms with Crippen molar-refractivity contribution in [3.63, 3.8) is 0 Å². The first-order chi connectivity index (χ1) is 18.2. The van der Waals surface area contributed by atoms with E-state index in [-0.39, 0.29) is 0 Å². The molecule has 0 rings (SSSR count). The Kier molecular flexibility index (Phi) is 32.9. The molecule has 0 bridgehead atoms. The van der Waals surface area contributed by atoms with Crippen LogP contribution in [0.25, 0.3) is 0 Å². The van der Waals surface area contributed by atoms with Crippen LogP contribution < -0.4 is 10.2 Å². The average Bonchev–Trinajstić information content (AvgIpc) is 2.92. The summed E-state index contributed by atoms with van der Waals surface area (Å²) < 4.78 is 12.9. The predicted molar refractivity (Wildman–Crippen MR) is 159 cm³/mol. The van der Waals surface area contributed by atoms with Crippen LogP contribution >= 0.6 is 0 Å². The minimum atomic E-state index is -1.37. The van der Waals surface area contributed by atoms with Gasteiger partial charge in [0.15, 0.2) is 0 Å². The van der Waals surface area contributed by atoms with Crippen LogP contribution in [0, 0.1) is 10.8 Å². The van der Waals surface area contributed by atoms with Crippen molar-refractivity contribution >= 4 is 33.7 Å². The summed E-state index contributed by atoms with van der Waals surface area (Å²) >= 11 is -1.37. The summed E-state index contributed by atoms with van der Waals surface area (Å²) in [6.45, 7) is 14.1. The Hall–Kier alpha value is -0.331. The third kappa shape index (κ3) is 21.5. The molecule has 0 aliphatic carbocycles. The van der Waals surface area contributed by atoms with Crippen LogP contribution in [0.2, 0.25) is 4.44 Å². The summed E-state index contributed by atoms with van der Waals surface area (Å²) in [6, 6.07) is 0. The fourth-order valence-electron chi connectivity index (χ4n) is 4.70. The molecule has 0 aliphatic rings. The van der Waals surface area contributed by atoms with Crippen molar-refractivity contribution in [3.8, 4) is 0 Å². The molecule has 0 atom stereocenters. The van der Waals surface area contributed by atoms with E-state index < -0.39 is 44.5 Å². The Morgan fingerprint density at radius 3 is 1.05 bits per heavy atom. The molecule has 0 aromatic carbocycles. The molecule has 0 radical (unpaired) electrons. The summed E-state index contributed by atoms with van der Waals surface area (Å²) in [7, 11) is 0. The number of aliphatic carboxylic acids is 2. The zero-order chi connectivity index (χ0) is 29.7. The molecule has 0 fully saturated rings. The fourth-order valence-corrected chi connectivity index (χ4v) is 5.79. The van der Waals surface area contributed by atoms with Crippen LogP contribution in [0.4, 0.5) is 2.87 Å². The third-order valence-electron chi connectivity index (χ3n) is 8.22. The zero-order valence-electron chi connectivity index (χ0n) is 26.4. The van der Waals surface area contributed by atoms with E-state index in [9.17, 15) is 22.7 Å². The Bertz CT molecular complexity index is 474. The maximum atomic E-state index is 11.9. The number of unbranched alkanes of at least 4 members (excludes halogenated alkanes) is 11. The molecule has 0 N–H and O–H groups in total. The van der Waals surface area contributed by atoms with Gasteiger partial charge in [0, 0.05) is 22.8 Å². The van der Waals surface area contributed by atoms with E-state index in [2.05, 4.69) is 20.8 Å². The van der Waals surface area contributed by atoms with Crippen molar-refractivity contribution in [1.82, 2.24) is 0 Å². The van der Waals surface area contributed by atoms with Crippen molar-refractivity contribution in [3.05, 3.63) is 0 Å². The summed E-state index contributed by atoms with van der Waals surface area (Å²) in [5.74, 6) is -1.75. The van der Waals surface area contributed by atoms with Gasteiger partial charge >= 0.3 is 100 Å². The molecule has 0 unspecified atom stereocenters. The van der Waals surface area contributed by atoms with E-state index in [1.807, 2.05) is 27.7 Å². The van der Waals surface area contributed by atoms with Crippen LogP contribution in [0.15, 0.2) is 0 Å². The monoisotopic (exact) mass is 650 g/mol. The number of rotatable bonds is 23. The SMILES string of the molecule is CCCCC(CC)(CC)C(=O)[O-].CCCCC(CC)(CC)C(=O)[O-].CCCCCCCCCCC[CH2][Sn+2][F]. The van der Waals surface area contributed by atoms with Crippen molar-refractivity contribution in [1.29, 1.82) is 0 Å². The van der Waals surface area contributed by atoms with Gasteiger partial charge in [-0.3, -0.25) is 0 Å². The van der Waals surface area contributed by atoms with Gasteiger partial charge in [-0.25, -0.2) is 0 Å². The standard InChI is InChI=1S/C12H25.2C10H20O2.FH.Sn/c1-3-5-7-9-11-12-10-8-6-4-2;2*1-4-7-8-10(5-2,6-3)9(11)12;;/h1,3-12H2,2H3;2*4-8H2,1-3H3,(H,11,12);1H;/q;;;;+3/p-3. The average molecular weight is 650 g/mol. The van der Waals surface area contributed by atoms with Crippen LogP contribution in [-0.2, 0) is 9.59 Å². The predicted octanol–water partition coefficient (Wildman–Crippen LogP) is 8.38. The normalized spacial score (nSPS) is 11.1. The molecular formula is C32H63FO4Sn. The maximum absolute atomic E-state index is 11.9. The van der Waals surface area contributed by atoms with Gasteiger partial charge in [0.1, 0.15) is 0 Å². The van der Waals surface area contributed by atoms with Gasteiger partial charge in [-0.1, -0.05) is 67.2 Å². The molecule has 0 saturated heterocycles. The van der Waals surface area contributed by atoms with E-state index in [1.165, 1.54) is 64.2 Å². The Balaban J connectivity index is -0.000000486. The summed E-state index contributed by atoms with van der Waals surface area (Å²) in [5.41, 5.74) is -1.12. The number of carboxylic acid groups (broad SMARTS) is 2. The van der Waals surface area contributed by atoms with Gasteiger partial charge in [0.25, 0.3) is 0 Å². The minimum absolute atomic E-state index is 0.560. The van der Waals surface area contributed by atoms with E-state index in [1.54, 1.807) is 0 Å². The number of hydrogen-bond donors (Lipinski definition) is 0. The van der Waals surface area contributed by atoms with Crippen molar-refractivity contribution in [2.45, 2.75) is 181 Å². The molecule has 0 aromatic rings. The Morgan fingerprint density at radius 1 is 0.526 bits per heavy atom. The fraction of sp³-hybridized carbons (Fsp3) is 0.938. The molecular weight excluding hydrogens is 586 g/mol. The van der Waals surface area contributed by atoms with Crippen LogP contribution in [0.1, 0.15) is 177 Å². The first-order valence-electron chi connectivity index (χ1n) is 15.9. The van der Waals surface area contributed by atoms with Gasteiger partial charge in [-0.05, 0) is 38.5 Å². The second-order valence-electron chi connectivity index (χ2n) is 10.8. The van der Waals surface area contributed by atoms with Gasteiger partial charge in [0.05, 0.1) is 0 Å². The second kappa shape index (κ2) is 29.6. The van der Waals surface area contributed by atoms with Gasteiger partial charge in [-0.15, -0.1) is 0 Å². The third-order valence-corrected chi connectivity index (χ3v) is 9.76. The molecule has 6 heteroatoms. The number of halogens is 1. The number of carbonyl (C=O) groups is 2.